The smallest absolute Gasteiger partial charge is 0.208 e. The van der Waals surface area contributed by atoms with Crippen molar-refractivity contribution >= 4 is 22.3 Å². The minimum Gasteiger partial charge on any atom is -0.350 e. The van der Waals surface area contributed by atoms with Gasteiger partial charge in [0, 0.05) is 38.6 Å². The summed E-state index contributed by atoms with van der Waals surface area (Å²) in [7, 11) is 2.07. The van der Waals surface area contributed by atoms with Crippen molar-refractivity contribution in [3.63, 3.8) is 0 Å². The van der Waals surface area contributed by atoms with E-state index in [2.05, 4.69) is 42.2 Å². The number of anilines is 2. The highest BCUT2D eigenvalue weighted by Gasteiger charge is 2.27. The third-order valence-corrected chi connectivity index (χ3v) is 5.40. The molecule has 4 rings (SSSR count). The highest BCUT2D eigenvalue weighted by Crippen LogP contribution is 2.29. The highest BCUT2D eigenvalue weighted by molar-refractivity contribution is 7.18. The molecule has 1 atom stereocenters. The van der Waals surface area contributed by atoms with E-state index in [9.17, 15) is 0 Å². The normalized spacial score (nSPS) is 17.0. The number of aromatic nitrogens is 5. The summed E-state index contributed by atoms with van der Waals surface area (Å²) in [6.45, 7) is 1.90. The van der Waals surface area contributed by atoms with Gasteiger partial charge in [0.2, 0.25) is 5.13 Å². The molecule has 0 bridgehead atoms. The van der Waals surface area contributed by atoms with Crippen LogP contribution in [0, 0.1) is 0 Å². The first-order valence-corrected chi connectivity index (χ1v) is 9.13. The SMILES string of the molecule is CN(CC1CCCN1c1cccnn1)c1nnc(-c2ccccn2)s1. The van der Waals surface area contributed by atoms with Crippen LogP contribution in [0.5, 0.6) is 0 Å². The Morgan fingerprint density at radius 3 is 2.92 bits per heavy atom. The van der Waals surface area contributed by atoms with Crippen LogP contribution in [0.1, 0.15) is 12.8 Å². The highest BCUT2D eigenvalue weighted by atomic mass is 32.1. The monoisotopic (exact) mass is 353 g/mol. The summed E-state index contributed by atoms with van der Waals surface area (Å²) in [4.78, 5) is 8.85. The van der Waals surface area contributed by atoms with E-state index >= 15 is 0 Å². The summed E-state index contributed by atoms with van der Waals surface area (Å²) < 4.78 is 0. The van der Waals surface area contributed by atoms with E-state index in [4.69, 9.17) is 0 Å². The Kier molecular flexibility index (Phi) is 4.51. The summed E-state index contributed by atoms with van der Waals surface area (Å²) in [6.07, 6.45) is 5.80. The van der Waals surface area contributed by atoms with Gasteiger partial charge >= 0.3 is 0 Å². The van der Waals surface area contributed by atoms with Gasteiger partial charge in [-0.3, -0.25) is 4.98 Å². The molecule has 25 heavy (non-hydrogen) atoms. The number of hydrogen-bond donors (Lipinski definition) is 0. The van der Waals surface area contributed by atoms with Gasteiger partial charge in [-0.05, 0) is 37.1 Å². The molecule has 0 radical (unpaired) electrons. The van der Waals surface area contributed by atoms with E-state index in [1.165, 1.54) is 6.42 Å². The fourth-order valence-electron chi connectivity index (χ4n) is 3.13. The fourth-order valence-corrected chi connectivity index (χ4v) is 3.92. The van der Waals surface area contributed by atoms with Gasteiger partial charge in [0.05, 0.1) is 0 Å². The molecule has 0 amide bonds. The van der Waals surface area contributed by atoms with E-state index in [1.807, 2.05) is 30.3 Å². The second kappa shape index (κ2) is 7.10. The molecule has 7 nitrogen and oxygen atoms in total. The van der Waals surface area contributed by atoms with Gasteiger partial charge in [0.15, 0.2) is 10.8 Å². The molecule has 1 fully saturated rings. The van der Waals surface area contributed by atoms with Gasteiger partial charge < -0.3 is 9.80 Å². The Balaban J connectivity index is 1.47. The summed E-state index contributed by atoms with van der Waals surface area (Å²) in [5, 5.41) is 18.6. The van der Waals surface area contributed by atoms with Crippen molar-refractivity contribution in [2.24, 2.45) is 0 Å². The largest absolute Gasteiger partial charge is 0.350 e. The van der Waals surface area contributed by atoms with Gasteiger partial charge in [0.25, 0.3) is 0 Å². The van der Waals surface area contributed by atoms with E-state index in [0.717, 1.165) is 41.2 Å². The molecule has 0 aliphatic carbocycles. The minimum absolute atomic E-state index is 0.406. The van der Waals surface area contributed by atoms with Gasteiger partial charge in [-0.2, -0.15) is 5.10 Å². The molecule has 3 aromatic heterocycles. The maximum atomic E-state index is 4.34. The molecule has 1 aliphatic heterocycles. The zero-order valence-electron chi connectivity index (χ0n) is 14.0. The lowest BCUT2D eigenvalue weighted by Crippen LogP contribution is -2.39. The van der Waals surface area contributed by atoms with E-state index in [0.29, 0.717) is 6.04 Å². The Labute approximate surface area is 150 Å². The first kappa shape index (κ1) is 15.9. The van der Waals surface area contributed by atoms with E-state index in [-0.39, 0.29) is 0 Å². The van der Waals surface area contributed by atoms with Crippen LogP contribution in [0.15, 0.2) is 42.7 Å². The summed E-state index contributed by atoms with van der Waals surface area (Å²) in [5.41, 5.74) is 0.863. The molecular weight excluding hydrogens is 334 g/mol. The topological polar surface area (TPSA) is 70.9 Å². The Hall–Kier alpha value is -2.61. The van der Waals surface area contributed by atoms with Gasteiger partial charge in [-0.25, -0.2) is 0 Å². The molecule has 3 aromatic rings. The zero-order valence-corrected chi connectivity index (χ0v) is 14.8. The van der Waals surface area contributed by atoms with Crippen molar-refractivity contribution in [2.75, 3.05) is 29.9 Å². The Bertz CT molecular complexity index is 808. The molecule has 0 N–H and O–H groups in total. The second-order valence-electron chi connectivity index (χ2n) is 6.06. The quantitative estimate of drug-likeness (QED) is 0.698. The van der Waals surface area contributed by atoms with Crippen LogP contribution in [0.25, 0.3) is 10.7 Å². The van der Waals surface area contributed by atoms with Crippen LogP contribution in [0.4, 0.5) is 10.9 Å². The van der Waals surface area contributed by atoms with Gasteiger partial charge in [-0.15, -0.1) is 15.3 Å². The van der Waals surface area contributed by atoms with Crippen molar-refractivity contribution < 1.29 is 0 Å². The van der Waals surface area contributed by atoms with Crippen molar-refractivity contribution in [3.05, 3.63) is 42.7 Å². The van der Waals surface area contributed by atoms with E-state index < -0.39 is 0 Å². The molecular formula is C17H19N7S. The lowest BCUT2D eigenvalue weighted by atomic mass is 10.2. The second-order valence-corrected chi connectivity index (χ2v) is 7.01. The van der Waals surface area contributed by atoms with E-state index in [1.54, 1.807) is 23.7 Å². The Morgan fingerprint density at radius 2 is 2.12 bits per heavy atom. The number of nitrogens with zero attached hydrogens (tertiary/aromatic N) is 7. The van der Waals surface area contributed by atoms with Crippen molar-refractivity contribution in [3.8, 4) is 10.7 Å². The number of pyridine rings is 1. The van der Waals surface area contributed by atoms with Crippen LogP contribution in [-0.2, 0) is 0 Å². The molecule has 1 aliphatic rings. The molecule has 1 unspecified atom stereocenters. The molecule has 8 heteroatoms. The lowest BCUT2D eigenvalue weighted by Gasteiger charge is -2.28. The minimum atomic E-state index is 0.406. The maximum absolute atomic E-state index is 4.34. The van der Waals surface area contributed by atoms with Crippen LogP contribution in [0.3, 0.4) is 0 Å². The van der Waals surface area contributed by atoms with Crippen LogP contribution < -0.4 is 9.80 Å². The fraction of sp³-hybridized carbons (Fsp3) is 0.353. The predicted molar refractivity (Wildman–Crippen MR) is 98.8 cm³/mol. The average Bonchev–Trinajstić information content (AvgIpc) is 3.33. The molecule has 4 heterocycles. The number of rotatable bonds is 5. The summed E-state index contributed by atoms with van der Waals surface area (Å²) in [5.74, 6) is 0.949. The van der Waals surface area contributed by atoms with Gasteiger partial charge in [0.1, 0.15) is 5.69 Å². The van der Waals surface area contributed by atoms with Crippen LogP contribution in [-0.4, -0.2) is 51.6 Å². The standard InChI is InChI=1S/C17H19N7S/c1-23(17-22-21-16(25-17)14-7-2-3-9-18-14)12-13-6-5-11-24(13)15-8-4-10-19-20-15/h2-4,7-10,13H,5-6,11-12H2,1H3. The van der Waals surface area contributed by atoms with Crippen molar-refractivity contribution in [1.82, 2.24) is 25.4 Å². The maximum Gasteiger partial charge on any atom is 0.208 e. The van der Waals surface area contributed by atoms with Crippen LogP contribution >= 0.6 is 11.3 Å². The zero-order chi connectivity index (χ0) is 17.1. The number of hydrogen-bond acceptors (Lipinski definition) is 8. The van der Waals surface area contributed by atoms with Crippen LogP contribution in [0.2, 0.25) is 0 Å². The molecule has 0 spiro atoms. The molecule has 0 saturated carbocycles. The summed E-state index contributed by atoms with van der Waals surface area (Å²) >= 11 is 1.57. The average molecular weight is 353 g/mol. The third-order valence-electron chi connectivity index (χ3n) is 4.34. The van der Waals surface area contributed by atoms with Gasteiger partial charge in [-0.1, -0.05) is 17.4 Å². The Morgan fingerprint density at radius 1 is 1.16 bits per heavy atom. The lowest BCUT2D eigenvalue weighted by molar-refractivity contribution is 0.644. The first-order valence-electron chi connectivity index (χ1n) is 8.31. The molecule has 128 valence electrons. The summed E-state index contributed by atoms with van der Waals surface area (Å²) in [6, 6.07) is 10.2. The van der Waals surface area contributed by atoms with Crippen molar-refractivity contribution in [1.29, 1.82) is 0 Å². The molecule has 0 aromatic carbocycles. The first-order chi connectivity index (χ1) is 12.3. The molecule has 1 saturated heterocycles. The van der Waals surface area contributed by atoms with Crippen molar-refractivity contribution in [2.45, 2.75) is 18.9 Å². The predicted octanol–water partition coefficient (Wildman–Crippen LogP) is 2.50. The third kappa shape index (κ3) is 3.43. The number of likely N-dealkylation sites (N-methyl/N-ethyl adjacent to an activating group) is 1.